The maximum atomic E-state index is 12.0. The van der Waals surface area contributed by atoms with E-state index < -0.39 is 0 Å². The standard InChI is InChI=1S/C17H18ClNO3/c1-21-14-8-7-13(16(10-14)22-2)11-19-17(20)9-12-5-3-4-6-15(12)18/h3-8,10H,9,11H2,1-2H3,(H,19,20). The summed E-state index contributed by atoms with van der Waals surface area (Å²) in [5, 5.41) is 3.47. The van der Waals surface area contributed by atoms with Crippen LogP contribution < -0.4 is 14.8 Å². The summed E-state index contributed by atoms with van der Waals surface area (Å²) in [5.41, 5.74) is 1.69. The Morgan fingerprint density at radius 2 is 1.86 bits per heavy atom. The van der Waals surface area contributed by atoms with Crippen LogP contribution >= 0.6 is 11.6 Å². The molecule has 4 nitrogen and oxygen atoms in total. The van der Waals surface area contributed by atoms with Crippen molar-refractivity contribution in [1.29, 1.82) is 0 Å². The lowest BCUT2D eigenvalue weighted by atomic mass is 10.1. The van der Waals surface area contributed by atoms with E-state index in [1.54, 1.807) is 26.4 Å². The van der Waals surface area contributed by atoms with Gasteiger partial charge in [0.1, 0.15) is 11.5 Å². The van der Waals surface area contributed by atoms with E-state index in [4.69, 9.17) is 21.1 Å². The first-order chi connectivity index (χ1) is 10.6. The van der Waals surface area contributed by atoms with Crippen molar-refractivity contribution in [3.63, 3.8) is 0 Å². The summed E-state index contributed by atoms with van der Waals surface area (Å²) < 4.78 is 10.5. The van der Waals surface area contributed by atoms with Crippen LogP contribution in [0.25, 0.3) is 0 Å². The highest BCUT2D eigenvalue weighted by atomic mass is 35.5. The predicted molar refractivity (Wildman–Crippen MR) is 86.5 cm³/mol. The molecule has 0 aliphatic rings. The molecule has 0 saturated carbocycles. The molecule has 0 heterocycles. The Morgan fingerprint density at radius 3 is 2.55 bits per heavy atom. The molecule has 0 aliphatic heterocycles. The minimum Gasteiger partial charge on any atom is -0.497 e. The van der Waals surface area contributed by atoms with E-state index in [0.29, 0.717) is 23.1 Å². The van der Waals surface area contributed by atoms with Crippen molar-refractivity contribution in [3.05, 3.63) is 58.6 Å². The first-order valence-electron chi connectivity index (χ1n) is 6.85. The van der Waals surface area contributed by atoms with E-state index in [0.717, 1.165) is 11.1 Å². The molecule has 2 rings (SSSR count). The SMILES string of the molecule is COc1ccc(CNC(=O)Cc2ccccc2Cl)c(OC)c1. The van der Waals surface area contributed by atoms with E-state index in [1.165, 1.54) is 0 Å². The van der Waals surface area contributed by atoms with E-state index in [9.17, 15) is 4.79 Å². The second kappa shape index (κ2) is 7.71. The molecule has 2 aromatic rings. The second-order valence-corrected chi connectivity index (χ2v) is 5.13. The number of amides is 1. The van der Waals surface area contributed by atoms with Gasteiger partial charge in [0.15, 0.2) is 0 Å². The van der Waals surface area contributed by atoms with Crippen LogP contribution in [0.1, 0.15) is 11.1 Å². The lowest BCUT2D eigenvalue weighted by Gasteiger charge is -2.11. The zero-order chi connectivity index (χ0) is 15.9. The quantitative estimate of drug-likeness (QED) is 0.889. The molecular weight excluding hydrogens is 302 g/mol. The number of hydrogen-bond donors (Lipinski definition) is 1. The van der Waals surface area contributed by atoms with Crippen LogP contribution in [0.5, 0.6) is 11.5 Å². The minimum absolute atomic E-state index is 0.0917. The van der Waals surface area contributed by atoms with Crippen LogP contribution in [-0.2, 0) is 17.8 Å². The highest BCUT2D eigenvalue weighted by Gasteiger charge is 2.09. The number of benzene rings is 2. The number of nitrogens with one attached hydrogen (secondary N) is 1. The first-order valence-corrected chi connectivity index (χ1v) is 7.23. The number of carbonyl (C=O) groups is 1. The van der Waals surface area contributed by atoms with Crippen molar-refractivity contribution in [2.24, 2.45) is 0 Å². The van der Waals surface area contributed by atoms with Gasteiger partial charge in [-0.2, -0.15) is 0 Å². The zero-order valence-electron chi connectivity index (χ0n) is 12.6. The third-order valence-electron chi connectivity index (χ3n) is 3.28. The third kappa shape index (κ3) is 4.15. The Kier molecular flexibility index (Phi) is 5.67. The monoisotopic (exact) mass is 319 g/mol. The molecule has 0 aliphatic carbocycles. The van der Waals surface area contributed by atoms with Gasteiger partial charge in [0, 0.05) is 23.2 Å². The fraction of sp³-hybridized carbons (Fsp3) is 0.235. The van der Waals surface area contributed by atoms with E-state index in [-0.39, 0.29) is 12.3 Å². The summed E-state index contributed by atoms with van der Waals surface area (Å²) >= 11 is 6.05. The van der Waals surface area contributed by atoms with Crippen LogP contribution in [0.4, 0.5) is 0 Å². The van der Waals surface area contributed by atoms with Gasteiger partial charge in [-0.25, -0.2) is 0 Å². The molecule has 116 valence electrons. The Morgan fingerprint density at radius 1 is 1.09 bits per heavy atom. The van der Waals surface area contributed by atoms with Gasteiger partial charge in [-0.15, -0.1) is 0 Å². The summed E-state index contributed by atoms with van der Waals surface area (Å²) in [6, 6.07) is 12.8. The molecule has 0 spiro atoms. The predicted octanol–water partition coefficient (Wildman–Crippen LogP) is 3.22. The maximum Gasteiger partial charge on any atom is 0.224 e. The summed E-state index contributed by atoms with van der Waals surface area (Å²) in [6.45, 7) is 0.385. The van der Waals surface area contributed by atoms with Crippen LogP contribution in [-0.4, -0.2) is 20.1 Å². The number of methoxy groups -OCH3 is 2. The van der Waals surface area contributed by atoms with Crippen molar-refractivity contribution in [2.75, 3.05) is 14.2 Å². The van der Waals surface area contributed by atoms with Gasteiger partial charge >= 0.3 is 0 Å². The van der Waals surface area contributed by atoms with Crippen molar-refractivity contribution in [2.45, 2.75) is 13.0 Å². The van der Waals surface area contributed by atoms with Gasteiger partial charge in [-0.05, 0) is 23.8 Å². The van der Waals surface area contributed by atoms with Gasteiger partial charge in [-0.3, -0.25) is 4.79 Å². The number of ether oxygens (including phenoxy) is 2. The van der Waals surface area contributed by atoms with Gasteiger partial charge in [-0.1, -0.05) is 29.8 Å². The number of carbonyl (C=O) groups excluding carboxylic acids is 1. The van der Waals surface area contributed by atoms with Gasteiger partial charge in [0.05, 0.1) is 20.6 Å². The summed E-state index contributed by atoms with van der Waals surface area (Å²) in [5.74, 6) is 1.30. The average Bonchev–Trinajstić information content (AvgIpc) is 2.55. The smallest absolute Gasteiger partial charge is 0.224 e. The molecule has 0 saturated heterocycles. The van der Waals surface area contributed by atoms with Crippen molar-refractivity contribution in [3.8, 4) is 11.5 Å². The Balaban J connectivity index is 1.98. The molecule has 1 N–H and O–H groups in total. The molecule has 5 heteroatoms. The average molecular weight is 320 g/mol. The van der Waals surface area contributed by atoms with Gasteiger partial charge in [0.2, 0.25) is 5.91 Å². The summed E-state index contributed by atoms with van der Waals surface area (Å²) in [7, 11) is 3.18. The number of halogens is 1. The van der Waals surface area contributed by atoms with Crippen molar-refractivity contribution < 1.29 is 14.3 Å². The largest absolute Gasteiger partial charge is 0.497 e. The molecule has 0 bridgehead atoms. The molecule has 22 heavy (non-hydrogen) atoms. The Hall–Kier alpha value is -2.20. The van der Waals surface area contributed by atoms with Crippen LogP contribution in [0, 0.1) is 0 Å². The van der Waals surface area contributed by atoms with E-state index in [2.05, 4.69) is 5.32 Å². The second-order valence-electron chi connectivity index (χ2n) is 4.72. The number of hydrogen-bond acceptors (Lipinski definition) is 3. The Labute approximate surface area is 135 Å². The third-order valence-corrected chi connectivity index (χ3v) is 3.65. The molecular formula is C17H18ClNO3. The normalized spacial score (nSPS) is 10.1. The molecule has 0 atom stereocenters. The lowest BCUT2D eigenvalue weighted by molar-refractivity contribution is -0.120. The molecule has 0 radical (unpaired) electrons. The van der Waals surface area contributed by atoms with Gasteiger partial charge in [0.25, 0.3) is 0 Å². The van der Waals surface area contributed by atoms with Gasteiger partial charge < -0.3 is 14.8 Å². The van der Waals surface area contributed by atoms with Crippen LogP contribution in [0.3, 0.4) is 0 Å². The minimum atomic E-state index is -0.0917. The topological polar surface area (TPSA) is 47.6 Å². The van der Waals surface area contributed by atoms with E-state index >= 15 is 0 Å². The van der Waals surface area contributed by atoms with E-state index in [1.807, 2.05) is 30.3 Å². The summed E-state index contributed by atoms with van der Waals surface area (Å²) in [4.78, 5) is 12.0. The molecule has 1 amide bonds. The highest BCUT2D eigenvalue weighted by Crippen LogP contribution is 2.24. The van der Waals surface area contributed by atoms with Crippen LogP contribution in [0.15, 0.2) is 42.5 Å². The molecule has 0 unspecified atom stereocenters. The zero-order valence-corrected chi connectivity index (χ0v) is 13.3. The molecule has 2 aromatic carbocycles. The van der Waals surface area contributed by atoms with Crippen molar-refractivity contribution in [1.82, 2.24) is 5.32 Å². The van der Waals surface area contributed by atoms with Crippen molar-refractivity contribution >= 4 is 17.5 Å². The number of rotatable bonds is 6. The lowest BCUT2D eigenvalue weighted by Crippen LogP contribution is -2.24. The van der Waals surface area contributed by atoms with Crippen LogP contribution in [0.2, 0.25) is 5.02 Å². The molecule has 0 fully saturated rings. The fourth-order valence-electron chi connectivity index (χ4n) is 2.07. The highest BCUT2D eigenvalue weighted by molar-refractivity contribution is 6.31. The first kappa shape index (κ1) is 16.2. The Bertz CT molecular complexity index is 658. The fourth-order valence-corrected chi connectivity index (χ4v) is 2.27. The maximum absolute atomic E-state index is 12.0. The summed E-state index contributed by atoms with van der Waals surface area (Å²) in [6.07, 6.45) is 0.248. The molecule has 0 aromatic heterocycles.